The third-order valence-electron chi connectivity index (χ3n) is 2.03. The minimum Gasteiger partial charge on any atom is -0.480 e. The standard InChI is InChI=1S/C9H15NO3S2/c1-6(2)15-4-8(11)10-5-14-3-7(10)9(12)13/h6-7H,3-5H2,1-2H3,(H,12,13). The van der Waals surface area contributed by atoms with Crippen LogP contribution < -0.4 is 0 Å². The zero-order chi connectivity index (χ0) is 11.4. The number of amides is 1. The zero-order valence-corrected chi connectivity index (χ0v) is 10.4. The van der Waals surface area contributed by atoms with Crippen LogP contribution in [0.1, 0.15) is 13.8 Å². The minimum absolute atomic E-state index is 0.0638. The van der Waals surface area contributed by atoms with Gasteiger partial charge in [0.1, 0.15) is 6.04 Å². The van der Waals surface area contributed by atoms with Crippen LogP contribution in [-0.4, -0.2) is 50.6 Å². The summed E-state index contributed by atoms with van der Waals surface area (Å²) in [5.41, 5.74) is 0. The van der Waals surface area contributed by atoms with Gasteiger partial charge in [0.15, 0.2) is 0 Å². The molecular weight excluding hydrogens is 234 g/mol. The van der Waals surface area contributed by atoms with Crippen molar-refractivity contribution in [1.29, 1.82) is 0 Å². The highest BCUT2D eigenvalue weighted by Gasteiger charge is 2.34. The topological polar surface area (TPSA) is 57.6 Å². The molecule has 0 spiro atoms. The molecule has 0 aliphatic carbocycles. The number of hydrogen-bond acceptors (Lipinski definition) is 4. The molecule has 1 atom stereocenters. The van der Waals surface area contributed by atoms with Crippen LogP contribution in [0.3, 0.4) is 0 Å². The Morgan fingerprint density at radius 2 is 2.27 bits per heavy atom. The number of aliphatic carboxylic acids is 1. The Labute approximate surface area is 97.8 Å². The highest BCUT2D eigenvalue weighted by Crippen LogP contribution is 2.22. The van der Waals surface area contributed by atoms with Gasteiger partial charge in [-0.15, -0.1) is 23.5 Å². The average Bonchev–Trinajstić information content (AvgIpc) is 2.62. The van der Waals surface area contributed by atoms with Gasteiger partial charge < -0.3 is 10.0 Å². The molecule has 1 heterocycles. The van der Waals surface area contributed by atoms with Gasteiger partial charge in [-0.25, -0.2) is 4.79 Å². The van der Waals surface area contributed by atoms with E-state index in [2.05, 4.69) is 0 Å². The summed E-state index contributed by atoms with van der Waals surface area (Å²) in [6.45, 7) is 4.04. The molecule has 1 N–H and O–H groups in total. The Morgan fingerprint density at radius 1 is 1.60 bits per heavy atom. The number of carboxylic acids is 1. The van der Waals surface area contributed by atoms with Crippen LogP contribution in [0.25, 0.3) is 0 Å². The van der Waals surface area contributed by atoms with Crippen molar-refractivity contribution < 1.29 is 14.7 Å². The molecule has 1 unspecified atom stereocenters. The van der Waals surface area contributed by atoms with E-state index in [9.17, 15) is 9.59 Å². The highest BCUT2D eigenvalue weighted by atomic mass is 32.2. The van der Waals surface area contributed by atoms with Gasteiger partial charge in [-0.3, -0.25) is 4.79 Å². The normalized spacial score (nSPS) is 21.0. The Bertz CT molecular complexity index is 258. The molecule has 0 radical (unpaired) electrons. The van der Waals surface area contributed by atoms with Crippen molar-refractivity contribution in [3.8, 4) is 0 Å². The molecule has 1 fully saturated rings. The lowest BCUT2D eigenvalue weighted by atomic mass is 10.3. The minimum atomic E-state index is -0.900. The summed E-state index contributed by atoms with van der Waals surface area (Å²) in [7, 11) is 0. The molecule has 1 rings (SSSR count). The van der Waals surface area contributed by atoms with Crippen molar-refractivity contribution in [1.82, 2.24) is 4.90 Å². The predicted octanol–water partition coefficient (Wildman–Crippen LogP) is 1.11. The molecule has 86 valence electrons. The fraction of sp³-hybridized carbons (Fsp3) is 0.778. The van der Waals surface area contributed by atoms with E-state index in [4.69, 9.17) is 5.11 Å². The van der Waals surface area contributed by atoms with Gasteiger partial charge in [0.05, 0.1) is 11.6 Å². The molecule has 0 aromatic heterocycles. The van der Waals surface area contributed by atoms with Crippen molar-refractivity contribution in [2.24, 2.45) is 0 Å². The van der Waals surface area contributed by atoms with Crippen molar-refractivity contribution in [2.45, 2.75) is 25.1 Å². The summed E-state index contributed by atoms with van der Waals surface area (Å²) in [6, 6.07) is -0.629. The molecule has 15 heavy (non-hydrogen) atoms. The van der Waals surface area contributed by atoms with Crippen molar-refractivity contribution in [3.05, 3.63) is 0 Å². The maximum atomic E-state index is 11.7. The van der Waals surface area contributed by atoms with Crippen LogP contribution in [0.4, 0.5) is 0 Å². The number of carbonyl (C=O) groups excluding carboxylic acids is 1. The van der Waals surface area contributed by atoms with Crippen molar-refractivity contribution >= 4 is 35.4 Å². The number of thioether (sulfide) groups is 2. The largest absolute Gasteiger partial charge is 0.480 e. The van der Waals surface area contributed by atoms with E-state index in [1.807, 2.05) is 13.8 Å². The predicted molar refractivity (Wildman–Crippen MR) is 63.2 cm³/mol. The fourth-order valence-corrected chi connectivity index (χ4v) is 3.03. The highest BCUT2D eigenvalue weighted by molar-refractivity contribution is 8.00. The second-order valence-electron chi connectivity index (χ2n) is 3.58. The van der Waals surface area contributed by atoms with E-state index in [1.54, 1.807) is 11.8 Å². The second-order valence-corrected chi connectivity index (χ2v) is 6.14. The first-order chi connectivity index (χ1) is 7.02. The van der Waals surface area contributed by atoms with E-state index < -0.39 is 12.0 Å². The monoisotopic (exact) mass is 249 g/mol. The van der Waals surface area contributed by atoms with Crippen LogP contribution in [0.2, 0.25) is 0 Å². The molecular formula is C9H15NO3S2. The van der Waals surface area contributed by atoms with Gasteiger partial charge >= 0.3 is 5.97 Å². The number of rotatable bonds is 4. The number of hydrogen-bond donors (Lipinski definition) is 1. The third-order valence-corrected chi connectivity index (χ3v) is 4.12. The lowest BCUT2D eigenvalue weighted by molar-refractivity contribution is -0.146. The van der Waals surface area contributed by atoms with Crippen LogP contribution in [0.15, 0.2) is 0 Å². The smallest absolute Gasteiger partial charge is 0.327 e. The molecule has 0 aromatic carbocycles. The Morgan fingerprint density at radius 3 is 2.80 bits per heavy atom. The summed E-state index contributed by atoms with van der Waals surface area (Å²) < 4.78 is 0. The molecule has 0 bridgehead atoms. The SMILES string of the molecule is CC(C)SCC(=O)N1CSCC1C(=O)O. The molecule has 0 saturated carbocycles. The Hall–Kier alpha value is -0.360. The number of carboxylic acid groups (broad SMARTS) is 1. The first kappa shape index (κ1) is 12.7. The molecule has 4 nitrogen and oxygen atoms in total. The molecule has 1 aliphatic rings. The second kappa shape index (κ2) is 5.65. The fourth-order valence-electron chi connectivity index (χ4n) is 1.21. The molecule has 0 aromatic rings. The maximum absolute atomic E-state index is 11.7. The van der Waals surface area contributed by atoms with E-state index in [-0.39, 0.29) is 5.91 Å². The van der Waals surface area contributed by atoms with Gasteiger partial charge in [-0.2, -0.15) is 0 Å². The first-order valence-corrected chi connectivity index (χ1v) is 6.94. The number of nitrogens with zero attached hydrogens (tertiary/aromatic N) is 1. The lowest BCUT2D eigenvalue weighted by Crippen LogP contribution is -2.42. The average molecular weight is 249 g/mol. The molecule has 1 amide bonds. The van der Waals surface area contributed by atoms with Crippen molar-refractivity contribution in [3.63, 3.8) is 0 Å². The van der Waals surface area contributed by atoms with E-state index >= 15 is 0 Å². The van der Waals surface area contributed by atoms with Gasteiger partial charge in [0.25, 0.3) is 0 Å². The summed E-state index contributed by atoms with van der Waals surface area (Å²) >= 11 is 3.04. The Kier molecular flexibility index (Phi) is 4.79. The molecule has 6 heteroatoms. The van der Waals surface area contributed by atoms with Crippen LogP contribution in [-0.2, 0) is 9.59 Å². The van der Waals surface area contributed by atoms with E-state index in [0.29, 0.717) is 22.6 Å². The molecule has 1 saturated heterocycles. The van der Waals surface area contributed by atoms with E-state index in [1.165, 1.54) is 16.7 Å². The zero-order valence-electron chi connectivity index (χ0n) is 8.80. The summed E-state index contributed by atoms with van der Waals surface area (Å²) in [5, 5.41) is 9.29. The summed E-state index contributed by atoms with van der Waals surface area (Å²) in [4.78, 5) is 24.0. The van der Waals surface area contributed by atoms with Gasteiger partial charge in [0.2, 0.25) is 5.91 Å². The molecule has 1 aliphatic heterocycles. The van der Waals surface area contributed by atoms with Crippen molar-refractivity contribution in [2.75, 3.05) is 17.4 Å². The summed E-state index contributed by atoms with van der Waals surface area (Å²) in [6.07, 6.45) is 0. The quantitative estimate of drug-likeness (QED) is 0.809. The van der Waals surface area contributed by atoms with E-state index in [0.717, 1.165) is 0 Å². The Balaban J connectivity index is 2.47. The first-order valence-electron chi connectivity index (χ1n) is 4.74. The van der Waals surface area contributed by atoms with Crippen LogP contribution in [0.5, 0.6) is 0 Å². The third kappa shape index (κ3) is 3.61. The van der Waals surface area contributed by atoms with Crippen LogP contribution >= 0.6 is 23.5 Å². The maximum Gasteiger partial charge on any atom is 0.327 e. The van der Waals surface area contributed by atoms with Gasteiger partial charge in [-0.1, -0.05) is 13.8 Å². The lowest BCUT2D eigenvalue weighted by Gasteiger charge is -2.20. The van der Waals surface area contributed by atoms with Gasteiger partial charge in [0, 0.05) is 5.75 Å². The van der Waals surface area contributed by atoms with Crippen LogP contribution in [0, 0.1) is 0 Å². The number of carbonyl (C=O) groups is 2. The summed E-state index contributed by atoms with van der Waals surface area (Å²) in [5.74, 6) is 0.429. The van der Waals surface area contributed by atoms with Gasteiger partial charge in [-0.05, 0) is 5.25 Å².